The van der Waals surface area contributed by atoms with Crippen LogP contribution in [0.2, 0.25) is 5.02 Å². The van der Waals surface area contributed by atoms with E-state index in [1.54, 1.807) is 18.2 Å². The molecule has 5 heteroatoms. The van der Waals surface area contributed by atoms with Crippen LogP contribution < -0.4 is 11.1 Å². The number of benzene rings is 1. The van der Waals surface area contributed by atoms with Gasteiger partial charge in [0.15, 0.2) is 0 Å². The summed E-state index contributed by atoms with van der Waals surface area (Å²) in [5.41, 5.74) is 6.59. The maximum absolute atomic E-state index is 12.0. The summed E-state index contributed by atoms with van der Waals surface area (Å²) in [4.78, 5) is 12.0. The maximum Gasteiger partial charge on any atom is 0.253 e. The third kappa shape index (κ3) is 3.85. The van der Waals surface area contributed by atoms with Gasteiger partial charge in [-0.15, -0.1) is 0 Å². The molecule has 0 saturated heterocycles. The highest BCUT2D eigenvalue weighted by atomic mass is 35.5. The lowest BCUT2D eigenvalue weighted by atomic mass is 9.87. The van der Waals surface area contributed by atoms with Crippen molar-refractivity contribution in [2.75, 3.05) is 12.3 Å². The van der Waals surface area contributed by atoms with E-state index in [4.69, 9.17) is 17.3 Å². The summed E-state index contributed by atoms with van der Waals surface area (Å²) in [6.45, 7) is 0.571. The Labute approximate surface area is 117 Å². The highest BCUT2D eigenvalue weighted by Gasteiger charge is 2.21. The molecule has 1 fully saturated rings. The van der Waals surface area contributed by atoms with Gasteiger partial charge in [-0.2, -0.15) is 0 Å². The van der Waals surface area contributed by atoms with Crippen molar-refractivity contribution in [2.24, 2.45) is 5.92 Å². The van der Waals surface area contributed by atoms with Gasteiger partial charge in [0.1, 0.15) is 0 Å². The van der Waals surface area contributed by atoms with Crippen molar-refractivity contribution in [1.29, 1.82) is 0 Å². The number of anilines is 1. The molecule has 0 radical (unpaired) electrons. The molecule has 1 aromatic carbocycles. The molecule has 0 aromatic heterocycles. The lowest BCUT2D eigenvalue weighted by Gasteiger charge is -2.25. The summed E-state index contributed by atoms with van der Waals surface area (Å²) >= 11 is 5.86. The smallest absolute Gasteiger partial charge is 0.253 e. The number of aliphatic hydroxyl groups excluding tert-OH is 1. The molecule has 19 heavy (non-hydrogen) atoms. The zero-order valence-corrected chi connectivity index (χ0v) is 11.5. The van der Waals surface area contributed by atoms with Crippen LogP contribution in [0, 0.1) is 5.92 Å². The van der Waals surface area contributed by atoms with Crippen molar-refractivity contribution in [3.05, 3.63) is 28.8 Å². The number of hydrogen-bond acceptors (Lipinski definition) is 3. The molecule has 104 valence electrons. The number of carbonyl (C=O) groups excluding carboxylic acids is 1. The molecule has 4 N–H and O–H groups in total. The number of halogens is 1. The molecule has 1 aliphatic carbocycles. The van der Waals surface area contributed by atoms with E-state index >= 15 is 0 Å². The maximum atomic E-state index is 12.0. The summed E-state index contributed by atoms with van der Waals surface area (Å²) in [7, 11) is 0. The topological polar surface area (TPSA) is 75.4 Å². The van der Waals surface area contributed by atoms with Crippen LogP contribution in [0.1, 0.15) is 36.0 Å². The first-order valence-corrected chi connectivity index (χ1v) is 6.95. The van der Waals surface area contributed by atoms with Crippen LogP contribution in [-0.4, -0.2) is 23.7 Å². The van der Waals surface area contributed by atoms with Crippen LogP contribution in [0.5, 0.6) is 0 Å². The average Bonchev–Trinajstić information content (AvgIpc) is 2.39. The number of nitrogens with one attached hydrogen (secondary N) is 1. The molecule has 1 aliphatic rings. The number of nitrogen functional groups attached to an aromatic ring is 1. The van der Waals surface area contributed by atoms with Crippen molar-refractivity contribution in [2.45, 2.75) is 31.8 Å². The lowest BCUT2D eigenvalue weighted by Crippen LogP contribution is -2.33. The van der Waals surface area contributed by atoms with Gasteiger partial charge < -0.3 is 16.2 Å². The van der Waals surface area contributed by atoms with Crippen LogP contribution in [0.15, 0.2) is 18.2 Å². The molecule has 2 atom stereocenters. The second kappa shape index (κ2) is 6.26. The van der Waals surface area contributed by atoms with Crippen LogP contribution in [0.3, 0.4) is 0 Å². The van der Waals surface area contributed by atoms with Crippen molar-refractivity contribution >= 4 is 23.2 Å². The number of nitrogens with two attached hydrogens (primary N) is 1. The van der Waals surface area contributed by atoms with Gasteiger partial charge in [-0.3, -0.25) is 4.79 Å². The monoisotopic (exact) mass is 282 g/mol. The van der Waals surface area contributed by atoms with Crippen LogP contribution in [-0.2, 0) is 0 Å². The molecular weight excluding hydrogens is 264 g/mol. The Bertz CT molecular complexity index is 465. The molecule has 1 amide bonds. The van der Waals surface area contributed by atoms with E-state index in [2.05, 4.69) is 5.32 Å². The molecule has 2 unspecified atom stereocenters. The fraction of sp³-hybridized carbons (Fsp3) is 0.500. The van der Waals surface area contributed by atoms with Gasteiger partial charge in [-0.25, -0.2) is 0 Å². The lowest BCUT2D eigenvalue weighted by molar-refractivity contribution is 0.0874. The van der Waals surface area contributed by atoms with Crippen LogP contribution in [0.4, 0.5) is 5.69 Å². The minimum atomic E-state index is -0.230. The highest BCUT2D eigenvalue weighted by molar-refractivity contribution is 6.31. The van der Waals surface area contributed by atoms with Gasteiger partial charge in [0.2, 0.25) is 0 Å². The van der Waals surface area contributed by atoms with Gasteiger partial charge >= 0.3 is 0 Å². The van der Waals surface area contributed by atoms with E-state index in [0.717, 1.165) is 25.7 Å². The van der Waals surface area contributed by atoms with Gasteiger partial charge in [0.05, 0.1) is 11.7 Å². The summed E-state index contributed by atoms with van der Waals surface area (Å²) in [5.74, 6) is 0.133. The predicted molar refractivity (Wildman–Crippen MR) is 76.2 cm³/mol. The number of carbonyl (C=O) groups is 1. The second-order valence-electron chi connectivity index (χ2n) is 5.13. The van der Waals surface area contributed by atoms with E-state index in [-0.39, 0.29) is 12.0 Å². The summed E-state index contributed by atoms with van der Waals surface area (Å²) in [6, 6.07) is 4.86. The Morgan fingerprint density at radius 1 is 1.47 bits per heavy atom. The third-order valence-corrected chi connectivity index (χ3v) is 3.80. The molecule has 0 aliphatic heterocycles. The Hall–Kier alpha value is -1.26. The van der Waals surface area contributed by atoms with E-state index in [0.29, 0.717) is 28.7 Å². The van der Waals surface area contributed by atoms with Crippen molar-refractivity contribution in [3.8, 4) is 0 Å². The van der Waals surface area contributed by atoms with Crippen LogP contribution in [0.25, 0.3) is 0 Å². The first-order valence-electron chi connectivity index (χ1n) is 6.57. The fourth-order valence-electron chi connectivity index (χ4n) is 2.51. The first kappa shape index (κ1) is 14.2. The molecule has 0 spiro atoms. The normalized spacial score (nSPS) is 23.1. The largest absolute Gasteiger partial charge is 0.398 e. The zero-order chi connectivity index (χ0) is 13.8. The predicted octanol–water partition coefficient (Wildman–Crippen LogP) is 2.20. The highest BCUT2D eigenvalue weighted by Crippen LogP contribution is 2.24. The SMILES string of the molecule is Nc1ccc(Cl)cc1C(=O)NCC1CCCC(O)C1. The molecule has 1 aromatic rings. The standard InChI is InChI=1S/C14H19ClN2O2/c15-10-4-5-13(16)12(7-10)14(19)17-8-9-2-1-3-11(18)6-9/h4-5,7,9,11,18H,1-3,6,8,16H2,(H,17,19). The quantitative estimate of drug-likeness (QED) is 0.744. The van der Waals surface area contributed by atoms with Gasteiger partial charge in [-0.1, -0.05) is 18.0 Å². The Kier molecular flexibility index (Phi) is 4.66. The Morgan fingerprint density at radius 2 is 2.26 bits per heavy atom. The molecule has 1 saturated carbocycles. The Morgan fingerprint density at radius 3 is 3.00 bits per heavy atom. The fourth-order valence-corrected chi connectivity index (χ4v) is 2.68. The minimum absolute atomic E-state index is 0.208. The Balaban J connectivity index is 1.92. The first-order chi connectivity index (χ1) is 9.06. The molecule has 0 bridgehead atoms. The number of rotatable bonds is 3. The molecule has 2 rings (SSSR count). The molecular formula is C14H19ClN2O2. The van der Waals surface area contributed by atoms with Gasteiger partial charge in [0, 0.05) is 17.3 Å². The van der Waals surface area contributed by atoms with E-state index in [1.807, 2.05) is 0 Å². The van der Waals surface area contributed by atoms with Crippen molar-refractivity contribution in [3.63, 3.8) is 0 Å². The van der Waals surface area contributed by atoms with Gasteiger partial charge in [-0.05, 0) is 43.4 Å². The summed E-state index contributed by atoms with van der Waals surface area (Å²) in [5, 5.41) is 13.0. The minimum Gasteiger partial charge on any atom is -0.398 e. The van der Waals surface area contributed by atoms with Crippen LogP contribution >= 0.6 is 11.6 Å². The van der Waals surface area contributed by atoms with Gasteiger partial charge in [0.25, 0.3) is 5.91 Å². The summed E-state index contributed by atoms with van der Waals surface area (Å²) in [6.07, 6.45) is 3.45. The second-order valence-corrected chi connectivity index (χ2v) is 5.56. The number of amides is 1. The van der Waals surface area contributed by atoms with E-state index < -0.39 is 0 Å². The summed E-state index contributed by atoms with van der Waals surface area (Å²) < 4.78 is 0. The number of hydrogen-bond donors (Lipinski definition) is 3. The molecule has 4 nitrogen and oxygen atoms in total. The third-order valence-electron chi connectivity index (χ3n) is 3.57. The number of aliphatic hydroxyl groups is 1. The van der Waals surface area contributed by atoms with Crippen molar-refractivity contribution in [1.82, 2.24) is 5.32 Å². The molecule has 0 heterocycles. The van der Waals surface area contributed by atoms with E-state index in [9.17, 15) is 9.90 Å². The zero-order valence-electron chi connectivity index (χ0n) is 10.7. The van der Waals surface area contributed by atoms with Crippen molar-refractivity contribution < 1.29 is 9.90 Å². The van der Waals surface area contributed by atoms with E-state index in [1.165, 1.54) is 0 Å². The average molecular weight is 283 g/mol.